The lowest BCUT2D eigenvalue weighted by molar-refractivity contribution is 0.322. The Morgan fingerprint density at radius 2 is 2.20 bits per heavy atom. The molecule has 1 aromatic heterocycles. The van der Waals surface area contributed by atoms with Crippen molar-refractivity contribution in [3.8, 4) is 0 Å². The highest BCUT2D eigenvalue weighted by Crippen LogP contribution is 2.30. The van der Waals surface area contributed by atoms with E-state index in [1.807, 2.05) is 0 Å². The lowest BCUT2D eigenvalue weighted by Gasteiger charge is -2.15. The summed E-state index contributed by atoms with van der Waals surface area (Å²) in [5.74, 6) is 0. The van der Waals surface area contributed by atoms with E-state index in [1.165, 1.54) is 25.2 Å². The molecule has 1 unspecified atom stereocenters. The Kier molecular flexibility index (Phi) is 3.80. The van der Waals surface area contributed by atoms with Crippen LogP contribution in [0.4, 0.5) is 0 Å². The van der Waals surface area contributed by atoms with Crippen LogP contribution in [0.5, 0.6) is 0 Å². The maximum Gasteiger partial charge on any atom is 0.243 e. The molecule has 1 aliphatic heterocycles. The Balaban J connectivity index is 1.62. The van der Waals surface area contributed by atoms with Gasteiger partial charge in [0, 0.05) is 37.9 Å². The van der Waals surface area contributed by atoms with E-state index in [2.05, 4.69) is 14.7 Å². The van der Waals surface area contributed by atoms with Gasteiger partial charge in [-0.3, -0.25) is 9.58 Å². The van der Waals surface area contributed by atoms with Crippen molar-refractivity contribution in [3.63, 3.8) is 0 Å². The van der Waals surface area contributed by atoms with E-state index in [-0.39, 0.29) is 10.9 Å². The fourth-order valence-corrected chi connectivity index (χ4v) is 3.89. The van der Waals surface area contributed by atoms with Crippen LogP contribution in [0, 0.1) is 0 Å². The average molecular weight is 299 g/mol. The van der Waals surface area contributed by atoms with Crippen LogP contribution < -0.4 is 10.5 Å². The van der Waals surface area contributed by atoms with Crippen molar-refractivity contribution in [3.05, 3.63) is 12.4 Å². The smallest absolute Gasteiger partial charge is 0.243 e. The molecule has 2 aliphatic rings. The number of nitrogens with zero attached hydrogens (tertiary/aromatic N) is 3. The third kappa shape index (κ3) is 3.03. The summed E-state index contributed by atoms with van der Waals surface area (Å²) in [6, 6.07) is 0.704. The van der Waals surface area contributed by atoms with E-state index < -0.39 is 10.0 Å². The van der Waals surface area contributed by atoms with Crippen LogP contribution in [0.3, 0.4) is 0 Å². The molecule has 2 heterocycles. The largest absolute Gasteiger partial charge is 0.329 e. The quantitative estimate of drug-likeness (QED) is 0.728. The summed E-state index contributed by atoms with van der Waals surface area (Å²) >= 11 is 0. The summed E-state index contributed by atoms with van der Waals surface area (Å²) in [7, 11) is -3.47. The van der Waals surface area contributed by atoms with E-state index in [0.717, 1.165) is 19.5 Å². The topological polar surface area (TPSA) is 93.2 Å². The van der Waals surface area contributed by atoms with Crippen molar-refractivity contribution in [1.29, 1.82) is 0 Å². The molecule has 1 atom stereocenters. The first-order valence-corrected chi connectivity index (χ1v) is 8.56. The maximum absolute atomic E-state index is 12.3. The van der Waals surface area contributed by atoms with Crippen molar-refractivity contribution in [2.45, 2.75) is 42.8 Å². The normalized spacial score (nSPS) is 24.4. The number of likely N-dealkylation sites (tertiary alicyclic amines) is 1. The fraction of sp³-hybridized carbons (Fsp3) is 0.750. The zero-order valence-corrected chi connectivity index (χ0v) is 12.2. The Morgan fingerprint density at radius 1 is 1.40 bits per heavy atom. The monoisotopic (exact) mass is 299 g/mol. The van der Waals surface area contributed by atoms with Gasteiger partial charge in [-0.05, 0) is 19.3 Å². The van der Waals surface area contributed by atoms with Crippen LogP contribution in [0.25, 0.3) is 0 Å². The molecule has 1 aliphatic carbocycles. The molecule has 7 nitrogen and oxygen atoms in total. The third-order valence-corrected chi connectivity index (χ3v) is 5.36. The highest BCUT2D eigenvalue weighted by atomic mass is 32.2. The van der Waals surface area contributed by atoms with Crippen LogP contribution in [-0.4, -0.2) is 54.8 Å². The van der Waals surface area contributed by atoms with Crippen molar-refractivity contribution >= 4 is 10.0 Å². The molecule has 0 bridgehead atoms. The van der Waals surface area contributed by atoms with Crippen molar-refractivity contribution in [1.82, 2.24) is 19.4 Å². The summed E-state index contributed by atoms with van der Waals surface area (Å²) in [6.07, 6.45) is 6.30. The third-order valence-electron chi connectivity index (χ3n) is 3.88. The Hall–Kier alpha value is -0.960. The minimum Gasteiger partial charge on any atom is -0.329 e. The predicted molar refractivity (Wildman–Crippen MR) is 74.6 cm³/mol. The molecule has 1 saturated carbocycles. The first-order chi connectivity index (χ1) is 9.58. The summed E-state index contributed by atoms with van der Waals surface area (Å²) in [5.41, 5.74) is 5.43. The molecule has 112 valence electrons. The van der Waals surface area contributed by atoms with Crippen LogP contribution in [0.2, 0.25) is 0 Å². The van der Waals surface area contributed by atoms with Gasteiger partial charge in [0.25, 0.3) is 0 Å². The van der Waals surface area contributed by atoms with Crippen LogP contribution in [0.1, 0.15) is 19.3 Å². The number of nitrogens with one attached hydrogen (secondary N) is 1. The van der Waals surface area contributed by atoms with Gasteiger partial charge in [0.05, 0.1) is 12.7 Å². The zero-order valence-electron chi connectivity index (χ0n) is 11.4. The molecular formula is C12H21N5O2S. The van der Waals surface area contributed by atoms with Gasteiger partial charge in [-0.25, -0.2) is 13.1 Å². The van der Waals surface area contributed by atoms with Crippen molar-refractivity contribution in [2.75, 3.05) is 19.6 Å². The molecule has 3 rings (SSSR count). The van der Waals surface area contributed by atoms with Gasteiger partial charge in [-0.1, -0.05) is 0 Å². The number of hydrogen-bond acceptors (Lipinski definition) is 5. The maximum atomic E-state index is 12.3. The van der Waals surface area contributed by atoms with E-state index >= 15 is 0 Å². The van der Waals surface area contributed by atoms with Gasteiger partial charge in [-0.15, -0.1) is 0 Å². The van der Waals surface area contributed by atoms with E-state index in [1.54, 1.807) is 4.68 Å². The van der Waals surface area contributed by atoms with Crippen molar-refractivity contribution in [2.24, 2.45) is 5.73 Å². The van der Waals surface area contributed by atoms with Gasteiger partial charge in [0.15, 0.2) is 0 Å². The summed E-state index contributed by atoms with van der Waals surface area (Å²) in [4.78, 5) is 2.60. The molecule has 8 heteroatoms. The molecule has 0 aromatic carbocycles. The van der Waals surface area contributed by atoms with Crippen molar-refractivity contribution < 1.29 is 8.42 Å². The molecule has 1 saturated heterocycles. The lowest BCUT2D eigenvalue weighted by atomic mass is 10.3. The SMILES string of the molecule is NCCn1cc(S(=O)(=O)NC2CCN(C3CC3)C2)cn1. The number of sulfonamides is 1. The molecule has 0 radical (unpaired) electrons. The fourth-order valence-electron chi connectivity index (χ4n) is 2.68. The Morgan fingerprint density at radius 3 is 2.90 bits per heavy atom. The van der Waals surface area contributed by atoms with Gasteiger partial charge in [0.2, 0.25) is 10.0 Å². The first kappa shape index (κ1) is 14.0. The Labute approximate surface area is 119 Å². The molecule has 3 N–H and O–H groups in total. The van der Waals surface area contributed by atoms with Gasteiger partial charge in [-0.2, -0.15) is 5.10 Å². The van der Waals surface area contributed by atoms with Gasteiger partial charge < -0.3 is 5.73 Å². The molecule has 0 amide bonds. The minimum absolute atomic E-state index is 0.0125. The number of rotatable bonds is 6. The Bertz CT molecular complexity index is 566. The van der Waals surface area contributed by atoms with Crippen LogP contribution in [-0.2, 0) is 16.6 Å². The predicted octanol–water partition coefficient (Wildman–Crippen LogP) is -0.643. The zero-order chi connectivity index (χ0) is 14.2. The first-order valence-electron chi connectivity index (χ1n) is 7.07. The number of nitrogens with two attached hydrogens (primary N) is 1. The molecule has 0 spiro atoms. The molecule has 1 aromatic rings. The average Bonchev–Trinajstić information content (AvgIpc) is 2.95. The van der Waals surface area contributed by atoms with Gasteiger partial charge >= 0.3 is 0 Å². The highest BCUT2D eigenvalue weighted by Gasteiger charge is 2.35. The second-order valence-corrected chi connectivity index (χ2v) is 7.27. The van der Waals surface area contributed by atoms with Crippen LogP contribution >= 0.6 is 0 Å². The molecule has 20 heavy (non-hydrogen) atoms. The minimum atomic E-state index is -3.47. The van der Waals surface area contributed by atoms with E-state index in [9.17, 15) is 8.42 Å². The number of hydrogen-bond donors (Lipinski definition) is 2. The summed E-state index contributed by atoms with van der Waals surface area (Å²) in [6.45, 7) is 2.77. The standard InChI is InChI=1S/C12H21N5O2S/c13-4-6-17-9-12(7-14-17)20(18,19)15-10-3-5-16(8-10)11-1-2-11/h7,9-11,15H,1-6,8,13H2. The second kappa shape index (κ2) is 5.44. The van der Waals surface area contributed by atoms with E-state index in [0.29, 0.717) is 19.1 Å². The summed E-state index contributed by atoms with van der Waals surface area (Å²) in [5, 5.41) is 4.01. The van der Waals surface area contributed by atoms with Crippen LogP contribution in [0.15, 0.2) is 17.3 Å². The van der Waals surface area contributed by atoms with E-state index in [4.69, 9.17) is 5.73 Å². The van der Waals surface area contributed by atoms with Gasteiger partial charge in [0.1, 0.15) is 4.90 Å². The second-order valence-electron chi connectivity index (χ2n) is 5.56. The molecule has 2 fully saturated rings. The highest BCUT2D eigenvalue weighted by molar-refractivity contribution is 7.89. The lowest BCUT2D eigenvalue weighted by Crippen LogP contribution is -2.37. The summed E-state index contributed by atoms with van der Waals surface area (Å²) < 4.78 is 28.9. The molecular weight excluding hydrogens is 278 g/mol. The number of aromatic nitrogens is 2.